The van der Waals surface area contributed by atoms with Crippen molar-refractivity contribution in [2.24, 2.45) is 0 Å². The molecule has 0 saturated heterocycles. The average molecular weight is 416 g/mol. The molecule has 0 aliphatic rings. The van der Waals surface area contributed by atoms with Crippen LogP contribution in [0.15, 0.2) is 36.4 Å². The number of esters is 1. The minimum Gasteiger partial charge on any atom is -0.507 e. The standard InChI is InChI=1S/C22H25FN2O5/c1-12(2)14-9-16(13(3)4)20(27)17(10-14)22(29)30-11-19(26)24-25-21(28)15-7-5-6-8-18(15)23/h5-10,12-13,27H,11H2,1-4H3,(H,24,26)(H,25,28). The second kappa shape index (κ2) is 9.87. The van der Waals surface area contributed by atoms with Crippen LogP contribution in [0.3, 0.4) is 0 Å². The first kappa shape index (κ1) is 22.9. The maximum atomic E-state index is 13.6. The molecule has 0 radical (unpaired) electrons. The molecule has 8 heteroatoms. The molecule has 0 bridgehead atoms. The second-order valence-corrected chi connectivity index (χ2v) is 7.37. The molecule has 2 amide bonds. The summed E-state index contributed by atoms with van der Waals surface area (Å²) in [7, 11) is 0. The highest BCUT2D eigenvalue weighted by Gasteiger charge is 2.21. The summed E-state index contributed by atoms with van der Waals surface area (Å²) >= 11 is 0. The first-order valence-corrected chi connectivity index (χ1v) is 9.49. The van der Waals surface area contributed by atoms with Gasteiger partial charge in [-0.2, -0.15) is 0 Å². The van der Waals surface area contributed by atoms with Crippen molar-refractivity contribution in [1.82, 2.24) is 10.9 Å². The average Bonchev–Trinajstić information content (AvgIpc) is 2.70. The molecule has 2 aromatic carbocycles. The molecule has 2 rings (SSSR count). The maximum absolute atomic E-state index is 13.6. The van der Waals surface area contributed by atoms with Gasteiger partial charge in [0.15, 0.2) is 6.61 Å². The van der Waals surface area contributed by atoms with Crippen LogP contribution in [0, 0.1) is 5.82 Å². The number of carbonyl (C=O) groups is 3. The molecule has 0 aromatic heterocycles. The predicted octanol–water partition coefficient (Wildman–Crippen LogP) is 3.40. The highest BCUT2D eigenvalue weighted by Crippen LogP contribution is 2.33. The smallest absolute Gasteiger partial charge is 0.342 e. The third-order valence-electron chi connectivity index (χ3n) is 4.44. The summed E-state index contributed by atoms with van der Waals surface area (Å²) in [6.45, 7) is 6.99. The summed E-state index contributed by atoms with van der Waals surface area (Å²) in [6.07, 6.45) is 0. The third kappa shape index (κ3) is 5.56. The number of hydrazine groups is 1. The van der Waals surface area contributed by atoms with Gasteiger partial charge in [0.2, 0.25) is 0 Å². The molecule has 160 valence electrons. The third-order valence-corrected chi connectivity index (χ3v) is 4.44. The summed E-state index contributed by atoms with van der Waals surface area (Å²) in [5.41, 5.74) is 5.27. The molecule has 30 heavy (non-hydrogen) atoms. The molecular weight excluding hydrogens is 391 g/mol. The van der Waals surface area contributed by atoms with Gasteiger partial charge in [0.1, 0.15) is 17.1 Å². The SMILES string of the molecule is CC(C)c1cc(C(=O)OCC(=O)NNC(=O)c2ccccc2F)c(O)c(C(C)C)c1. The monoisotopic (exact) mass is 416 g/mol. The minimum absolute atomic E-state index is 0.0212. The van der Waals surface area contributed by atoms with Crippen LogP contribution in [0.5, 0.6) is 5.75 Å². The summed E-state index contributed by atoms with van der Waals surface area (Å²) in [5.74, 6) is -3.37. The molecule has 0 atom stereocenters. The Morgan fingerprint density at radius 3 is 2.27 bits per heavy atom. The van der Waals surface area contributed by atoms with Crippen molar-refractivity contribution in [3.63, 3.8) is 0 Å². The fourth-order valence-corrected chi connectivity index (χ4v) is 2.69. The zero-order valence-electron chi connectivity index (χ0n) is 17.3. The fourth-order valence-electron chi connectivity index (χ4n) is 2.69. The van der Waals surface area contributed by atoms with Gasteiger partial charge in [-0.05, 0) is 41.2 Å². The van der Waals surface area contributed by atoms with E-state index in [-0.39, 0.29) is 28.7 Å². The van der Waals surface area contributed by atoms with Crippen LogP contribution in [0.4, 0.5) is 4.39 Å². The molecule has 0 aliphatic carbocycles. The molecule has 0 fully saturated rings. The Labute approximate surface area is 174 Å². The number of carbonyl (C=O) groups excluding carboxylic acids is 3. The number of aromatic hydroxyl groups is 1. The topological polar surface area (TPSA) is 105 Å². The van der Waals surface area contributed by atoms with Gasteiger partial charge in [0.05, 0.1) is 5.56 Å². The van der Waals surface area contributed by atoms with Crippen LogP contribution < -0.4 is 10.9 Å². The molecule has 0 saturated carbocycles. The van der Waals surface area contributed by atoms with Gasteiger partial charge in [-0.3, -0.25) is 20.4 Å². The van der Waals surface area contributed by atoms with Gasteiger partial charge in [0.25, 0.3) is 11.8 Å². The number of rotatable bonds is 6. The summed E-state index contributed by atoms with van der Waals surface area (Å²) in [6, 6.07) is 8.65. The fraction of sp³-hybridized carbons (Fsp3) is 0.318. The van der Waals surface area contributed by atoms with E-state index in [2.05, 4.69) is 0 Å². The number of phenols is 1. The van der Waals surface area contributed by atoms with Gasteiger partial charge >= 0.3 is 5.97 Å². The highest BCUT2D eigenvalue weighted by atomic mass is 19.1. The van der Waals surface area contributed by atoms with E-state index in [1.54, 1.807) is 0 Å². The van der Waals surface area contributed by atoms with E-state index in [0.717, 1.165) is 11.6 Å². The molecule has 7 nitrogen and oxygen atoms in total. The zero-order chi connectivity index (χ0) is 22.4. The molecule has 0 spiro atoms. The van der Waals surface area contributed by atoms with Crippen molar-refractivity contribution in [1.29, 1.82) is 0 Å². The Morgan fingerprint density at radius 1 is 1.00 bits per heavy atom. The van der Waals surface area contributed by atoms with Crippen LogP contribution in [0.1, 0.15) is 71.4 Å². The molecular formula is C22H25FN2O5. The van der Waals surface area contributed by atoms with Crippen LogP contribution in [-0.4, -0.2) is 29.5 Å². The zero-order valence-corrected chi connectivity index (χ0v) is 17.3. The number of benzene rings is 2. The number of amides is 2. The lowest BCUT2D eigenvalue weighted by molar-refractivity contribution is -0.125. The number of ether oxygens (including phenoxy) is 1. The number of nitrogens with one attached hydrogen (secondary N) is 2. The Hall–Kier alpha value is -3.42. The largest absolute Gasteiger partial charge is 0.507 e. The van der Waals surface area contributed by atoms with Crippen LogP contribution in [-0.2, 0) is 9.53 Å². The van der Waals surface area contributed by atoms with Gasteiger partial charge in [-0.1, -0.05) is 45.9 Å². The highest BCUT2D eigenvalue weighted by molar-refractivity contribution is 5.97. The summed E-state index contributed by atoms with van der Waals surface area (Å²) < 4.78 is 18.5. The van der Waals surface area contributed by atoms with Crippen LogP contribution >= 0.6 is 0 Å². The summed E-state index contributed by atoms with van der Waals surface area (Å²) in [4.78, 5) is 36.2. The predicted molar refractivity (Wildman–Crippen MR) is 109 cm³/mol. The molecule has 0 unspecified atom stereocenters. The first-order valence-electron chi connectivity index (χ1n) is 9.49. The number of halogens is 1. The Balaban J connectivity index is 2.01. The maximum Gasteiger partial charge on any atom is 0.342 e. The van der Waals surface area contributed by atoms with E-state index in [1.165, 1.54) is 24.3 Å². The van der Waals surface area contributed by atoms with E-state index in [9.17, 15) is 23.9 Å². The molecule has 0 aliphatic heterocycles. The van der Waals surface area contributed by atoms with E-state index in [0.29, 0.717) is 5.56 Å². The first-order chi connectivity index (χ1) is 14.1. The van der Waals surface area contributed by atoms with E-state index < -0.39 is 30.2 Å². The Bertz CT molecular complexity index is 957. The number of hydrogen-bond donors (Lipinski definition) is 3. The van der Waals surface area contributed by atoms with Gasteiger partial charge in [-0.25, -0.2) is 9.18 Å². The number of phenolic OH excluding ortho intramolecular Hbond substituents is 1. The lowest BCUT2D eigenvalue weighted by atomic mass is 9.92. The molecule has 2 aromatic rings. The second-order valence-electron chi connectivity index (χ2n) is 7.37. The van der Waals surface area contributed by atoms with E-state index in [4.69, 9.17) is 4.74 Å². The van der Waals surface area contributed by atoms with Crippen LogP contribution in [0.25, 0.3) is 0 Å². The van der Waals surface area contributed by atoms with Crippen molar-refractivity contribution >= 4 is 17.8 Å². The molecule has 3 N–H and O–H groups in total. The Kier molecular flexibility index (Phi) is 7.52. The normalized spacial score (nSPS) is 10.8. The van der Waals surface area contributed by atoms with Crippen molar-refractivity contribution in [3.8, 4) is 5.75 Å². The summed E-state index contributed by atoms with van der Waals surface area (Å²) in [5, 5.41) is 10.4. The Morgan fingerprint density at radius 2 is 1.67 bits per heavy atom. The number of hydrogen-bond acceptors (Lipinski definition) is 5. The van der Waals surface area contributed by atoms with Crippen molar-refractivity contribution in [2.75, 3.05) is 6.61 Å². The minimum atomic E-state index is -0.868. The van der Waals surface area contributed by atoms with Crippen molar-refractivity contribution in [3.05, 3.63) is 64.5 Å². The van der Waals surface area contributed by atoms with E-state index in [1.807, 2.05) is 44.6 Å². The lowest BCUT2D eigenvalue weighted by Gasteiger charge is -2.16. The van der Waals surface area contributed by atoms with Crippen molar-refractivity contribution in [2.45, 2.75) is 39.5 Å². The molecule has 0 heterocycles. The van der Waals surface area contributed by atoms with Crippen LogP contribution in [0.2, 0.25) is 0 Å². The van der Waals surface area contributed by atoms with E-state index >= 15 is 0 Å². The van der Waals surface area contributed by atoms with Gasteiger partial charge in [0, 0.05) is 0 Å². The van der Waals surface area contributed by atoms with Crippen molar-refractivity contribution < 1.29 is 28.6 Å². The quantitative estimate of drug-likeness (QED) is 0.495. The van der Waals surface area contributed by atoms with Gasteiger partial charge < -0.3 is 9.84 Å². The van der Waals surface area contributed by atoms with Gasteiger partial charge in [-0.15, -0.1) is 0 Å². The lowest BCUT2D eigenvalue weighted by Crippen LogP contribution is -2.43.